The number of nitrogens with zero attached hydrogens (tertiary/aromatic N) is 4. The Balaban J connectivity index is 1.67. The normalized spacial score (nSPS) is 13.5. The molecule has 2 heterocycles. The third-order valence-corrected chi connectivity index (χ3v) is 4.39. The fourth-order valence-corrected chi connectivity index (χ4v) is 3.04. The van der Waals surface area contributed by atoms with Crippen molar-refractivity contribution in [2.24, 2.45) is 0 Å². The van der Waals surface area contributed by atoms with Crippen LogP contribution < -0.4 is 5.69 Å². The fourth-order valence-electron chi connectivity index (χ4n) is 3.04. The molecule has 27 heavy (non-hydrogen) atoms. The van der Waals surface area contributed by atoms with Gasteiger partial charge in [0.25, 0.3) is 5.91 Å². The van der Waals surface area contributed by atoms with Gasteiger partial charge in [-0.3, -0.25) is 9.36 Å². The van der Waals surface area contributed by atoms with Gasteiger partial charge < -0.3 is 4.90 Å². The van der Waals surface area contributed by atoms with Crippen molar-refractivity contribution in [1.29, 1.82) is 0 Å². The Hall–Kier alpha value is -3.36. The van der Waals surface area contributed by atoms with Crippen molar-refractivity contribution in [1.82, 2.24) is 19.2 Å². The highest BCUT2D eigenvalue weighted by Crippen LogP contribution is 2.17. The van der Waals surface area contributed by atoms with Gasteiger partial charge in [-0.1, -0.05) is 12.1 Å². The largest absolute Gasteiger partial charge is 0.350 e. The number of carbonyl (C=O) groups excluding carboxylic acids is 1. The number of rotatable bonds is 2. The molecule has 0 N–H and O–H groups in total. The molecule has 0 radical (unpaired) electrons. The molecule has 0 saturated heterocycles. The highest BCUT2D eigenvalue weighted by Gasteiger charge is 2.27. The van der Waals surface area contributed by atoms with Crippen molar-refractivity contribution in [2.45, 2.75) is 13.1 Å². The second kappa shape index (κ2) is 6.42. The van der Waals surface area contributed by atoms with Gasteiger partial charge in [-0.05, 0) is 24.3 Å². The summed E-state index contributed by atoms with van der Waals surface area (Å²) in [5.41, 5.74) is -0.846. The summed E-state index contributed by atoms with van der Waals surface area (Å²) in [6.07, 6.45) is 0. The van der Waals surface area contributed by atoms with E-state index in [4.69, 9.17) is 0 Å². The first-order chi connectivity index (χ1) is 13.0. The summed E-state index contributed by atoms with van der Waals surface area (Å²) in [6, 6.07) is 8.42. The monoisotopic (exact) mass is 374 g/mol. The zero-order valence-electron chi connectivity index (χ0n) is 13.9. The number of amides is 1. The molecular formula is C18H13F3N4O2. The van der Waals surface area contributed by atoms with Crippen LogP contribution in [-0.2, 0) is 13.1 Å². The Bertz CT molecular complexity index is 1110. The molecule has 138 valence electrons. The first-order valence-corrected chi connectivity index (χ1v) is 8.13. The predicted molar refractivity (Wildman–Crippen MR) is 88.9 cm³/mol. The summed E-state index contributed by atoms with van der Waals surface area (Å²) >= 11 is 0. The van der Waals surface area contributed by atoms with Gasteiger partial charge in [0.1, 0.15) is 17.3 Å². The molecule has 0 fully saturated rings. The van der Waals surface area contributed by atoms with Gasteiger partial charge in [-0.25, -0.2) is 18.0 Å². The molecule has 0 bridgehead atoms. The van der Waals surface area contributed by atoms with E-state index in [0.29, 0.717) is 6.07 Å². The summed E-state index contributed by atoms with van der Waals surface area (Å²) in [5, 5.41) is 4.08. The Morgan fingerprint density at radius 2 is 1.78 bits per heavy atom. The van der Waals surface area contributed by atoms with Crippen LogP contribution >= 0.6 is 0 Å². The topological polar surface area (TPSA) is 60.1 Å². The van der Waals surface area contributed by atoms with Gasteiger partial charge in [-0.15, -0.1) is 5.10 Å². The number of benzene rings is 2. The van der Waals surface area contributed by atoms with Crippen LogP contribution in [0.1, 0.15) is 16.2 Å². The fraction of sp³-hybridized carbons (Fsp3) is 0.167. The van der Waals surface area contributed by atoms with Gasteiger partial charge in [0, 0.05) is 19.2 Å². The average molecular weight is 374 g/mol. The second-order valence-corrected chi connectivity index (χ2v) is 6.06. The van der Waals surface area contributed by atoms with E-state index in [2.05, 4.69) is 5.10 Å². The van der Waals surface area contributed by atoms with Crippen molar-refractivity contribution in [3.8, 4) is 5.69 Å². The number of hydrogen-bond donors (Lipinski definition) is 0. The number of carbonyl (C=O) groups is 1. The smallest absolute Gasteiger partial charge is 0.329 e. The highest BCUT2D eigenvalue weighted by molar-refractivity contribution is 5.94. The molecule has 0 spiro atoms. The van der Waals surface area contributed by atoms with Crippen LogP contribution in [0.25, 0.3) is 5.69 Å². The third-order valence-electron chi connectivity index (χ3n) is 4.39. The Morgan fingerprint density at radius 1 is 1.00 bits per heavy atom. The van der Waals surface area contributed by atoms with Crippen LogP contribution in [0.4, 0.5) is 13.2 Å². The van der Waals surface area contributed by atoms with Crippen LogP contribution in [0.2, 0.25) is 0 Å². The third kappa shape index (κ3) is 2.90. The maximum absolute atomic E-state index is 14.0. The molecule has 3 aromatic rings. The number of hydrogen-bond acceptors (Lipinski definition) is 3. The van der Waals surface area contributed by atoms with E-state index in [9.17, 15) is 22.8 Å². The van der Waals surface area contributed by atoms with E-state index in [1.807, 2.05) is 0 Å². The van der Waals surface area contributed by atoms with E-state index < -0.39 is 29.0 Å². The first kappa shape index (κ1) is 17.1. The van der Waals surface area contributed by atoms with E-state index >= 15 is 0 Å². The zero-order valence-corrected chi connectivity index (χ0v) is 13.9. The van der Waals surface area contributed by atoms with E-state index in [-0.39, 0.29) is 36.7 Å². The quantitative estimate of drug-likeness (QED) is 0.690. The molecule has 9 heteroatoms. The van der Waals surface area contributed by atoms with Crippen LogP contribution in [0.3, 0.4) is 0 Å². The summed E-state index contributed by atoms with van der Waals surface area (Å²) in [7, 11) is 0. The zero-order chi connectivity index (χ0) is 19.1. The molecule has 1 aliphatic rings. The first-order valence-electron chi connectivity index (χ1n) is 8.13. The number of fused-ring (bicyclic) bond motifs is 1. The predicted octanol–water partition coefficient (Wildman–Crippen LogP) is 2.11. The average Bonchev–Trinajstić information content (AvgIpc) is 2.97. The lowest BCUT2D eigenvalue weighted by atomic mass is 10.1. The SMILES string of the molecule is O=C(c1ccccc1F)N1CCn2c(nn(-c3ccc(F)cc3F)c2=O)C1. The van der Waals surface area contributed by atoms with Crippen molar-refractivity contribution in [3.63, 3.8) is 0 Å². The highest BCUT2D eigenvalue weighted by atomic mass is 19.1. The molecule has 0 atom stereocenters. The van der Waals surface area contributed by atoms with E-state index in [1.54, 1.807) is 6.07 Å². The minimum absolute atomic E-state index is 0.0295. The molecule has 1 aliphatic heterocycles. The van der Waals surface area contributed by atoms with Crippen LogP contribution in [-0.4, -0.2) is 31.7 Å². The number of halogens is 3. The molecule has 0 aliphatic carbocycles. The number of aromatic nitrogens is 3. The maximum Gasteiger partial charge on any atom is 0.350 e. The molecule has 0 unspecified atom stereocenters. The molecule has 2 aromatic carbocycles. The van der Waals surface area contributed by atoms with Gasteiger partial charge in [0.2, 0.25) is 0 Å². The lowest BCUT2D eigenvalue weighted by Crippen LogP contribution is -2.41. The summed E-state index contributed by atoms with van der Waals surface area (Å²) in [6.45, 7) is 0.285. The van der Waals surface area contributed by atoms with E-state index in [1.165, 1.54) is 27.7 Å². The lowest BCUT2D eigenvalue weighted by Gasteiger charge is -2.26. The second-order valence-electron chi connectivity index (χ2n) is 6.06. The maximum atomic E-state index is 14.0. The summed E-state index contributed by atoms with van der Waals surface area (Å²) < 4.78 is 43.1. The molecular weight excluding hydrogens is 361 g/mol. The summed E-state index contributed by atoms with van der Waals surface area (Å²) in [5.74, 6) is -2.61. The lowest BCUT2D eigenvalue weighted by molar-refractivity contribution is 0.0701. The molecule has 0 saturated carbocycles. The van der Waals surface area contributed by atoms with Crippen molar-refractivity contribution in [3.05, 3.63) is 81.8 Å². The molecule has 6 nitrogen and oxygen atoms in total. The van der Waals surface area contributed by atoms with Crippen LogP contribution in [0, 0.1) is 17.5 Å². The van der Waals surface area contributed by atoms with Crippen molar-refractivity contribution >= 4 is 5.91 Å². The van der Waals surface area contributed by atoms with Crippen LogP contribution in [0.5, 0.6) is 0 Å². The minimum atomic E-state index is -0.924. The standard InChI is InChI=1S/C18H13F3N4O2/c19-11-5-6-15(14(21)9-11)25-18(27)24-8-7-23(10-16(24)22-25)17(26)12-3-1-2-4-13(12)20/h1-6,9H,7-8,10H2. The van der Waals surface area contributed by atoms with E-state index in [0.717, 1.165) is 16.8 Å². The van der Waals surface area contributed by atoms with Gasteiger partial charge in [-0.2, -0.15) is 4.68 Å². The van der Waals surface area contributed by atoms with Crippen LogP contribution in [0.15, 0.2) is 47.3 Å². The minimum Gasteiger partial charge on any atom is -0.329 e. The van der Waals surface area contributed by atoms with Crippen molar-refractivity contribution < 1.29 is 18.0 Å². The Labute approximate surface area is 151 Å². The Morgan fingerprint density at radius 3 is 2.52 bits per heavy atom. The van der Waals surface area contributed by atoms with Gasteiger partial charge >= 0.3 is 5.69 Å². The van der Waals surface area contributed by atoms with Gasteiger partial charge in [0.15, 0.2) is 11.6 Å². The molecule has 1 aromatic heterocycles. The molecule has 4 rings (SSSR count). The summed E-state index contributed by atoms with van der Waals surface area (Å²) in [4.78, 5) is 26.4. The van der Waals surface area contributed by atoms with Crippen molar-refractivity contribution in [2.75, 3.05) is 6.54 Å². The Kier molecular flexibility index (Phi) is 4.06. The molecule has 1 amide bonds. The van der Waals surface area contributed by atoms with Gasteiger partial charge in [0.05, 0.1) is 12.1 Å².